The molecule has 0 aromatic rings. The molecule has 1 atom stereocenters. The average molecular weight is 187 g/mol. The third-order valence-corrected chi connectivity index (χ3v) is 2.02. The minimum absolute atomic E-state index is 0.381. The molecule has 2 N–H and O–H groups in total. The van der Waals surface area contributed by atoms with E-state index < -0.39 is 6.10 Å². The predicted octanol–water partition coefficient (Wildman–Crippen LogP) is 1.85. The maximum Gasteiger partial charge on any atom is 0.246 e. The lowest BCUT2D eigenvalue weighted by atomic mass is 10.2. The van der Waals surface area contributed by atoms with Crippen LogP contribution in [0, 0.1) is 0 Å². The molecule has 0 radical (unpaired) electrons. The largest absolute Gasteiger partial charge is 0.369 e. The van der Waals surface area contributed by atoms with Crippen LogP contribution in [0.1, 0.15) is 46.0 Å². The average Bonchev–Trinajstić information content (AvgIpc) is 2.10. The zero-order chi connectivity index (χ0) is 10.1. The van der Waals surface area contributed by atoms with E-state index in [1.807, 2.05) is 0 Å². The van der Waals surface area contributed by atoms with Gasteiger partial charge in [-0.05, 0) is 13.3 Å². The Hall–Kier alpha value is -0.570. The van der Waals surface area contributed by atoms with Crippen LogP contribution >= 0.6 is 0 Å². The van der Waals surface area contributed by atoms with E-state index in [0.29, 0.717) is 6.61 Å². The summed E-state index contributed by atoms with van der Waals surface area (Å²) in [5.74, 6) is -0.381. The second-order valence-corrected chi connectivity index (χ2v) is 3.33. The number of rotatable bonds is 8. The van der Waals surface area contributed by atoms with E-state index in [4.69, 9.17) is 10.5 Å². The summed E-state index contributed by atoms with van der Waals surface area (Å²) in [6.45, 7) is 4.52. The summed E-state index contributed by atoms with van der Waals surface area (Å²) in [5, 5.41) is 0. The van der Waals surface area contributed by atoms with E-state index in [1.54, 1.807) is 6.92 Å². The van der Waals surface area contributed by atoms with Crippen LogP contribution in [-0.4, -0.2) is 18.6 Å². The molecule has 0 aliphatic carbocycles. The maximum atomic E-state index is 10.6. The molecule has 0 aliphatic rings. The maximum absolute atomic E-state index is 10.6. The minimum Gasteiger partial charge on any atom is -0.369 e. The Kier molecular flexibility index (Phi) is 7.69. The molecule has 0 saturated carbocycles. The minimum atomic E-state index is -0.439. The fourth-order valence-corrected chi connectivity index (χ4v) is 1.05. The SMILES string of the molecule is CCCCCCCOC(C)C(N)=O. The van der Waals surface area contributed by atoms with E-state index in [0.717, 1.165) is 6.42 Å². The van der Waals surface area contributed by atoms with Gasteiger partial charge in [-0.1, -0.05) is 32.6 Å². The smallest absolute Gasteiger partial charge is 0.246 e. The van der Waals surface area contributed by atoms with Crippen LogP contribution in [0.2, 0.25) is 0 Å². The Labute approximate surface area is 80.6 Å². The van der Waals surface area contributed by atoms with Crippen molar-refractivity contribution in [1.82, 2.24) is 0 Å². The van der Waals surface area contributed by atoms with Gasteiger partial charge in [0.25, 0.3) is 0 Å². The van der Waals surface area contributed by atoms with Gasteiger partial charge in [0.2, 0.25) is 5.91 Å². The molecule has 0 heterocycles. The molecule has 13 heavy (non-hydrogen) atoms. The molecular weight excluding hydrogens is 166 g/mol. The first-order chi connectivity index (χ1) is 6.18. The summed E-state index contributed by atoms with van der Waals surface area (Å²) in [6, 6.07) is 0. The topological polar surface area (TPSA) is 52.3 Å². The van der Waals surface area contributed by atoms with E-state index in [-0.39, 0.29) is 5.91 Å². The van der Waals surface area contributed by atoms with Crippen LogP contribution in [0.3, 0.4) is 0 Å². The molecule has 0 aromatic heterocycles. The molecule has 0 rings (SSSR count). The van der Waals surface area contributed by atoms with Crippen LogP contribution in [-0.2, 0) is 9.53 Å². The van der Waals surface area contributed by atoms with Crippen molar-refractivity contribution >= 4 is 5.91 Å². The van der Waals surface area contributed by atoms with E-state index in [2.05, 4.69) is 6.92 Å². The van der Waals surface area contributed by atoms with Crippen LogP contribution in [0.4, 0.5) is 0 Å². The normalized spacial score (nSPS) is 12.8. The number of amides is 1. The molecule has 1 unspecified atom stereocenters. The standard InChI is InChI=1S/C10H21NO2/c1-3-4-5-6-7-8-13-9(2)10(11)12/h9H,3-8H2,1-2H3,(H2,11,12). The first-order valence-corrected chi connectivity index (χ1v) is 5.09. The Morgan fingerprint density at radius 1 is 1.31 bits per heavy atom. The van der Waals surface area contributed by atoms with Crippen molar-refractivity contribution < 1.29 is 9.53 Å². The first kappa shape index (κ1) is 12.4. The third kappa shape index (κ3) is 7.78. The highest BCUT2D eigenvalue weighted by atomic mass is 16.5. The number of carbonyl (C=O) groups excluding carboxylic acids is 1. The Bertz CT molecular complexity index is 137. The Morgan fingerprint density at radius 2 is 1.92 bits per heavy atom. The van der Waals surface area contributed by atoms with Gasteiger partial charge in [0, 0.05) is 6.61 Å². The highest BCUT2D eigenvalue weighted by molar-refractivity contribution is 5.78. The van der Waals surface area contributed by atoms with Crippen molar-refractivity contribution in [3.63, 3.8) is 0 Å². The molecule has 0 bridgehead atoms. The molecule has 0 saturated heterocycles. The predicted molar refractivity (Wildman–Crippen MR) is 53.4 cm³/mol. The summed E-state index contributed by atoms with van der Waals surface area (Å²) in [5.41, 5.74) is 5.03. The van der Waals surface area contributed by atoms with E-state index in [9.17, 15) is 4.79 Å². The van der Waals surface area contributed by atoms with Gasteiger partial charge in [-0.15, -0.1) is 0 Å². The summed E-state index contributed by atoms with van der Waals surface area (Å²) < 4.78 is 5.21. The summed E-state index contributed by atoms with van der Waals surface area (Å²) >= 11 is 0. The van der Waals surface area contributed by atoms with Gasteiger partial charge in [-0.2, -0.15) is 0 Å². The van der Waals surface area contributed by atoms with Crippen molar-refractivity contribution in [3.8, 4) is 0 Å². The van der Waals surface area contributed by atoms with E-state index >= 15 is 0 Å². The van der Waals surface area contributed by atoms with Gasteiger partial charge in [-0.3, -0.25) is 4.79 Å². The first-order valence-electron chi connectivity index (χ1n) is 5.09. The zero-order valence-corrected chi connectivity index (χ0v) is 8.71. The summed E-state index contributed by atoms with van der Waals surface area (Å²) in [6.07, 6.45) is 5.55. The lowest BCUT2D eigenvalue weighted by molar-refractivity contribution is -0.128. The Balaban J connectivity index is 3.11. The summed E-state index contributed by atoms with van der Waals surface area (Å²) in [7, 11) is 0. The number of ether oxygens (including phenoxy) is 1. The molecule has 3 heteroatoms. The number of nitrogens with two attached hydrogens (primary N) is 1. The summed E-state index contributed by atoms with van der Waals surface area (Å²) in [4.78, 5) is 10.6. The number of primary amides is 1. The lowest BCUT2D eigenvalue weighted by Crippen LogP contribution is -2.28. The quantitative estimate of drug-likeness (QED) is 0.589. The molecule has 0 fully saturated rings. The van der Waals surface area contributed by atoms with Gasteiger partial charge in [0.05, 0.1) is 0 Å². The monoisotopic (exact) mass is 187 g/mol. The fraction of sp³-hybridized carbons (Fsp3) is 0.900. The zero-order valence-electron chi connectivity index (χ0n) is 8.71. The highest BCUT2D eigenvalue weighted by Crippen LogP contribution is 2.03. The van der Waals surface area contributed by atoms with Crippen LogP contribution in [0.5, 0.6) is 0 Å². The lowest BCUT2D eigenvalue weighted by Gasteiger charge is -2.08. The second-order valence-electron chi connectivity index (χ2n) is 3.33. The second kappa shape index (κ2) is 8.05. The molecule has 78 valence electrons. The number of unbranched alkanes of at least 4 members (excludes halogenated alkanes) is 4. The van der Waals surface area contributed by atoms with Crippen LogP contribution in [0.15, 0.2) is 0 Å². The van der Waals surface area contributed by atoms with Gasteiger partial charge in [-0.25, -0.2) is 0 Å². The Morgan fingerprint density at radius 3 is 2.46 bits per heavy atom. The van der Waals surface area contributed by atoms with Crippen molar-refractivity contribution in [3.05, 3.63) is 0 Å². The highest BCUT2D eigenvalue weighted by Gasteiger charge is 2.06. The van der Waals surface area contributed by atoms with Gasteiger partial charge in [0.15, 0.2) is 0 Å². The molecule has 1 amide bonds. The molecular formula is C10H21NO2. The van der Waals surface area contributed by atoms with Crippen molar-refractivity contribution in [1.29, 1.82) is 0 Å². The number of hydrogen-bond acceptors (Lipinski definition) is 2. The number of hydrogen-bond donors (Lipinski definition) is 1. The van der Waals surface area contributed by atoms with Gasteiger partial charge < -0.3 is 10.5 Å². The molecule has 3 nitrogen and oxygen atoms in total. The van der Waals surface area contributed by atoms with Crippen LogP contribution < -0.4 is 5.73 Å². The van der Waals surface area contributed by atoms with Crippen molar-refractivity contribution in [2.24, 2.45) is 5.73 Å². The van der Waals surface area contributed by atoms with E-state index in [1.165, 1.54) is 25.7 Å². The third-order valence-electron chi connectivity index (χ3n) is 2.02. The van der Waals surface area contributed by atoms with Gasteiger partial charge in [0.1, 0.15) is 6.10 Å². The molecule has 0 spiro atoms. The van der Waals surface area contributed by atoms with Crippen molar-refractivity contribution in [2.45, 2.75) is 52.1 Å². The van der Waals surface area contributed by atoms with Crippen molar-refractivity contribution in [2.75, 3.05) is 6.61 Å². The fourth-order valence-electron chi connectivity index (χ4n) is 1.05. The molecule has 0 aliphatic heterocycles. The number of carbonyl (C=O) groups is 1. The van der Waals surface area contributed by atoms with Gasteiger partial charge >= 0.3 is 0 Å². The molecule has 0 aromatic carbocycles. The van der Waals surface area contributed by atoms with Crippen LogP contribution in [0.25, 0.3) is 0 Å².